The van der Waals surface area contributed by atoms with Crippen molar-refractivity contribution in [1.29, 1.82) is 0 Å². The van der Waals surface area contributed by atoms with Crippen molar-refractivity contribution in [3.05, 3.63) is 29.8 Å². The minimum atomic E-state index is -3.95. The topological polar surface area (TPSA) is 63.7 Å². The number of benzene rings is 1. The van der Waals surface area contributed by atoms with Gasteiger partial charge in [0.2, 0.25) is 10.0 Å². The van der Waals surface area contributed by atoms with Gasteiger partial charge in [0.05, 0.1) is 10.5 Å². The summed E-state index contributed by atoms with van der Waals surface area (Å²) in [6.45, 7) is 0.392. The number of hydrogen-bond donors (Lipinski definition) is 0. The third kappa shape index (κ3) is 2.78. The van der Waals surface area contributed by atoms with Gasteiger partial charge in [-0.2, -0.15) is 4.31 Å². The first-order valence-corrected chi connectivity index (χ1v) is 8.37. The van der Waals surface area contributed by atoms with Crippen LogP contribution < -0.4 is 0 Å². The zero-order valence-corrected chi connectivity index (χ0v) is 12.5. The second kappa shape index (κ2) is 5.36. The largest absolute Gasteiger partial charge is 0.367 e. The Kier molecular flexibility index (Phi) is 3.78. The highest BCUT2D eigenvalue weighted by Crippen LogP contribution is 2.35. The molecule has 2 heterocycles. The first-order valence-electron chi connectivity index (χ1n) is 6.93. The molecule has 1 spiro atoms. The fourth-order valence-electron chi connectivity index (χ4n) is 2.98. The van der Waals surface area contributed by atoms with Crippen LogP contribution in [0.4, 0.5) is 8.78 Å². The minimum Gasteiger partial charge on any atom is -0.367 e. The number of piperidine rings is 1. The highest BCUT2D eigenvalue weighted by molar-refractivity contribution is 7.89. The predicted octanol–water partition coefficient (Wildman–Crippen LogP) is 1.48. The van der Waals surface area contributed by atoms with E-state index in [1.165, 1.54) is 4.31 Å². The van der Waals surface area contributed by atoms with Gasteiger partial charge in [0.15, 0.2) is 5.78 Å². The SMILES string of the molecule is O=C1COC2(CCN(S(=O)(=O)c3cc(F)cc(F)c3)CC2)C1. The van der Waals surface area contributed by atoms with Crippen molar-refractivity contribution in [2.75, 3.05) is 19.7 Å². The van der Waals surface area contributed by atoms with Crippen LogP contribution in [0.5, 0.6) is 0 Å². The predicted molar refractivity (Wildman–Crippen MR) is 72.7 cm³/mol. The zero-order chi connectivity index (χ0) is 16.0. The van der Waals surface area contributed by atoms with E-state index in [0.29, 0.717) is 25.3 Å². The standard InChI is InChI=1S/C14H15F2NO4S/c15-10-5-11(16)7-13(6-10)22(19,20)17-3-1-14(2-4-17)8-12(18)9-21-14/h5-7H,1-4,8-9H2. The Morgan fingerprint density at radius 2 is 1.68 bits per heavy atom. The number of rotatable bonds is 2. The molecule has 0 unspecified atom stereocenters. The van der Waals surface area contributed by atoms with Crippen molar-refractivity contribution in [1.82, 2.24) is 4.31 Å². The summed E-state index contributed by atoms with van der Waals surface area (Å²) < 4.78 is 58.0. The van der Waals surface area contributed by atoms with Gasteiger partial charge in [-0.05, 0) is 25.0 Å². The molecule has 3 rings (SSSR count). The fraction of sp³-hybridized carbons (Fsp3) is 0.500. The average molecular weight is 331 g/mol. The van der Waals surface area contributed by atoms with Crippen LogP contribution in [0.25, 0.3) is 0 Å². The van der Waals surface area contributed by atoms with Crippen molar-refractivity contribution < 1.29 is 26.7 Å². The van der Waals surface area contributed by atoms with E-state index in [4.69, 9.17) is 4.74 Å². The minimum absolute atomic E-state index is 0.0171. The molecule has 0 amide bonds. The molecule has 0 aromatic heterocycles. The number of ether oxygens (including phenoxy) is 1. The molecule has 2 aliphatic rings. The summed E-state index contributed by atoms with van der Waals surface area (Å²) in [6.07, 6.45) is 1.10. The highest BCUT2D eigenvalue weighted by Gasteiger charge is 2.44. The van der Waals surface area contributed by atoms with Crippen molar-refractivity contribution >= 4 is 15.8 Å². The van der Waals surface area contributed by atoms with Gasteiger partial charge in [-0.15, -0.1) is 0 Å². The number of halogens is 2. The second-order valence-electron chi connectivity index (χ2n) is 5.70. The molecule has 8 heteroatoms. The lowest BCUT2D eigenvalue weighted by Gasteiger charge is -2.37. The molecule has 2 fully saturated rings. The van der Waals surface area contributed by atoms with Gasteiger partial charge in [-0.25, -0.2) is 17.2 Å². The van der Waals surface area contributed by atoms with E-state index < -0.39 is 32.2 Å². The summed E-state index contributed by atoms with van der Waals surface area (Å²) in [7, 11) is -3.95. The quantitative estimate of drug-likeness (QED) is 0.823. The summed E-state index contributed by atoms with van der Waals surface area (Å²) in [4.78, 5) is 11.0. The van der Waals surface area contributed by atoms with Gasteiger partial charge in [0.1, 0.15) is 18.2 Å². The van der Waals surface area contributed by atoms with Crippen molar-refractivity contribution in [2.45, 2.75) is 29.8 Å². The van der Waals surface area contributed by atoms with E-state index in [-0.39, 0.29) is 25.5 Å². The van der Waals surface area contributed by atoms with Gasteiger partial charge < -0.3 is 4.74 Å². The number of sulfonamides is 1. The van der Waals surface area contributed by atoms with Crippen LogP contribution in [-0.2, 0) is 19.6 Å². The second-order valence-corrected chi connectivity index (χ2v) is 7.63. The summed E-state index contributed by atoms with van der Waals surface area (Å²) in [5.74, 6) is -1.85. The molecule has 5 nitrogen and oxygen atoms in total. The van der Waals surface area contributed by atoms with Crippen LogP contribution in [0.1, 0.15) is 19.3 Å². The van der Waals surface area contributed by atoms with Crippen LogP contribution in [0.15, 0.2) is 23.1 Å². The van der Waals surface area contributed by atoms with Gasteiger partial charge >= 0.3 is 0 Å². The average Bonchev–Trinajstić information content (AvgIpc) is 2.79. The Hall–Kier alpha value is -1.38. The lowest BCUT2D eigenvalue weighted by Crippen LogP contribution is -2.46. The van der Waals surface area contributed by atoms with Gasteiger partial charge in [-0.3, -0.25) is 4.79 Å². The van der Waals surface area contributed by atoms with Crippen LogP contribution >= 0.6 is 0 Å². The summed E-state index contributed by atoms with van der Waals surface area (Å²) >= 11 is 0. The lowest BCUT2D eigenvalue weighted by molar-refractivity contribution is -0.117. The molecule has 120 valence electrons. The molecule has 0 radical (unpaired) electrons. The Morgan fingerprint density at radius 1 is 1.09 bits per heavy atom. The maximum Gasteiger partial charge on any atom is 0.243 e. The van der Waals surface area contributed by atoms with Crippen LogP contribution in [-0.4, -0.2) is 43.8 Å². The summed E-state index contributed by atoms with van der Waals surface area (Å²) in [5, 5.41) is 0. The third-order valence-electron chi connectivity index (χ3n) is 4.17. The maximum absolute atomic E-state index is 13.2. The monoisotopic (exact) mass is 331 g/mol. The van der Waals surface area contributed by atoms with Gasteiger partial charge in [0, 0.05) is 25.6 Å². The van der Waals surface area contributed by atoms with Gasteiger partial charge in [-0.1, -0.05) is 0 Å². The zero-order valence-electron chi connectivity index (χ0n) is 11.7. The first kappa shape index (κ1) is 15.5. The molecule has 0 aliphatic carbocycles. The molecule has 1 aromatic rings. The molecular weight excluding hydrogens is 316 g/mol. The number of carbonyl (C=O) groups is 1. The molecule has 0 N–H and O–H groups in total. The van der Waals surface area contributed by atoms with Crippen LogP contribution in [0, 0.1) is 11.6 Å². The number of carbonyl (C=O) groups excluding carboxylic acids is 1. The Labute approximate surface area is 126 Å². The summed E-state index contributed by atoms with van der Waals surface area (Å²) in [5.41, 5.74) is -0.573. The summed E-state index contributed by atoms with van der Waals surface area (Å²) in [6, 6.07) is 2.24. The molecule has 0 saturated carbocycles. The molecule has 22 heavy (non-hydrogen) atoms. The van der Waals surface area contributed by atoms with Gasteiger partial charge in [0.25, 0.3) is 0 Å². The fourth-order valence-corrected chi connectivity index (χ4v) is 4.46. The number of ketones is 1. The van der Waals surface area contributed by atoms with E-state index >= 15 is 0 Å². The Balaban J connectivity index is 1.79. The number of Topliss-reactive ketones (excluding diaryl/α,β-unsaturated/α-hetero) is 1. The molecule has 0 bridgehead atoms. The Bertz CT molecular complexity index is 691. The highest BCUT2D eigenvalue weighted by atomic mass is 32.2. The van der Waals surface area contributed by atoms with E-state index in [9.17, 15) is 22.0 Å². The first-order chi connectivity index (χ1) is 10.3. The Morgan fingerprint density at radius 3 is 2.18 bits per heavy atom. The van der Waals surface area contributed by atoms with Crippen LogP contribution in [0.3, 0.4) is 0 Å². The van der Waals surface area contributed by atoms with Crippen molar-refractivity contribution in [3.8, 4) is 0 Å². The number of hydrogen-bond acceptors (Lipinski definition) is 4. The van der Waals surface area contributed by atoms with E-state index in [1.54, 1.807) is 0 Å². The molecule has 2 saturated heterocycles. The molecule has 2 aliphatic heterocycles. The number of nitrogens with zero attached hydrogens (tertiary/aromatic N) is 1. The van der Waals surface area contributed by atoms with Crippen LogP contribution in [0.2, 0.25) is 0 Å². The maximum atomic E-state index is 13.2. The normalized spacial score (nSPS) is 22.4. The van der Waals surface area contributed by atoms with E-state index in [0.717, 1.165) is 12.1 Å². The van der Waals surface area contributed by atoms with Crippen molar-refractivity contribution in [2.24, 2.45) is 0 Å². The van der Waals surface area contributed by atoms with E-state index in [1.807, 2.05) is 0 Å². The molecule has 1 aromatic carbocycles. The smallest absolute Gasteiger partial charge is 0.243 e. The van der Waals surface area contributed by atoms with Crippen molar-refractivity contribution in [3.63, 3.8) is 0 Å². The van der Waals surface area contributed by atoms with E-state index in [2.05, 4.69) is 0 Å². The third-order valence-corrected chi connectivity index (χ3v) is 6.04. The molecule has 0 atom stereocenters. The lowest BCUT2D eigenvalue weighted by atomic mass is 9.89. The molecular formula is C14H15F2NO4S.